The van der Waals surface area contributed by atoms with Crippen molar-refractivity contribution in [1.82, 2.24) is 4.98 Å². The van der Waals surface area contributed by atoms with E-state index in [2.05, 4.69) is 15.9 Å². The fourth-order valence-corrected chi connectivity index (χ4v) is 1.26. The lowest BCUT2D eigenvalue weighted by Gasteiger charge is -2.02. The molecule has 0 amide bonds. The SMILES string of the molecule is C#CCN=C(N)c1ccc(Cl)nc1Cl. The van der Waals surface area contributed by atoms with Crippen LogP contribution in [0.25, 0.3) is 0 Å². The molecule has 0 aromatic carbocycles. The first-order chi connectivity index (χ1) is 6.65. The molecule has 14 heavy (non-hydrogen) atoms. The molecule has 1 rings (SSSR count). The van der Waals surface area contributed by atoms with Crippen LogP contribution in [0.3, 0.4) is 0 Å². The lowest BCUT2D eigenvalue weighted by molar-refractivity contribution is 1.25. The Kier molecular flexibility index (Phi) is 3.75. The van der Waals surface area contributed by atoms with Crippen LogP contribution < -0.4 is 5.73 Å². The summed E-state index contributed by atoms with van der Waals surface area (Å²) in [5.74, 6) is 2.60. The first-order valence-electron chi connectivity index (χ1n) is 3.71. The standard InChI is InChI=1S/C9H7Cl2N3/c1-2-5-13-9(12)6-3-4-7(10)14-8(6)11/h1,3-4H,5H2,(H2,12,13). The van der Waals surface area contributed by atoms with E-state index < -0.39 is 0 Å². The second kappa shape index (κ2) is 4.85. The van der Waals surface area contributed by atoms with Gasteiger partial charge in [-0.05, 0) is 12.1 Å². The van der Waals surface area contributed by atoms with Gasteiger partial charge in [0, 0.05) is 0 Å². The predicted octanol–water partition coefficient (Wildman–Crippen LogP) is 1.73. The Morgan fingerprint density at radius 2 is 2.29 bits per heavy atom. The zero-order chi connectivity index (χ0) is 10.6. The number of halogens is 2. The van der Waals surface area contributed by atoms with Crippen LogP contribution >= 0.6 is 23.2 Å². The van der Waals surface area contributed by atoms with E-state index in [1.807, 2.05) is 0 Å². The number of rotatable bonds is 2. The fourth-order valence-electron chi connectivity index (χ4n) is 0.819. The van der Waals surface area contributed by atoms with Crippen molar-refractivity contribution < 1.29 is 0 Å². The molecule has 0 atom stereocenters. The van der Waals surface area contributed by atoms with Gasteiger partial charge in [-0.2, -0.15) is 0 Å². The van der Waals surface area contributed by atoms with Crippen LogP contribution in [0.5, 0.6) is 0 Å². The minimum absolute atomic E-state index is 0.213. The summed E-state index contributed by atoms with van der Waals surface area (Å²) in [7, 11) is 0. The topological polar surface area (TPSA) is 51.3 Å². The summed E-state index contributed by atoms with van der Waals surface area (Å²) >= 11 is 11.4. The van der Waals surface area contributed by atoms with Crippen molar-refractivity contribution in [2.24, 2.45) is 10.7 Å². The highest BCUT2D eigenvalue weighted by Gasteiger charge is 2.05. The number of nitrogens with zero attached hydrogens (tertiary/aromatic N) is 2. The number of aromatic nitrogens is 1. The van der Waals surface area contributed by atoms with Gasteiger partial charge < -0.3 is 5.73 Å². The molecule has 0 bridgehead atoms. The average Bonchev–Trinajstić information content (AvgIpc) is 2.14. The van der Waals surface area contributed by atoms with Gasteiger partial charge in [-0.3, -0.25) is 4.99 Å². The van der Waals surface area contributed by atoms with Gasteiger partial charge in [0.1, 0.15) is 22.7 Å². The maximum absolute atomic E-state index is 5.80. The Labute approximate surface area is 92.0 Å². The first kappa shape index (κ1) is 10.8. The number of pyridine rings is 1. The van der Waals surface area contributed by atoms with E-state index in [9.17, 15) is 0 Å². The summed E-state index contributed by atoms with van der Waals surface area (Å²) < 4.78 is 0. The quantitative estimate of drug-likeness (QED) is 0.362. The number of hydrogen-bond donors (Lipinski definition) is 1. The second-order valence-corrected chi connectivity index (χ2v) is 3.12. The molecule has 72 valence electrons. The Balaban J connectivity index is 3.02. The third kappa shape index (κ3) is 2.63. The Bertz CT molecular complexity index is 407. The highest BCUT2D eigenvalue weighted by molar-refractivity contribution is 6.34. The minimum Gasteiger partial charge on any atom is -0.383 e. The molecule has 1 heterocycles. The minimum atomic E-state index is 0.213. The molecule has 1 aromatic rings. The normalized spacial score (nSPS) is 11.1. The smallest absolute Gasteiger partial charge is 0.141 e. The van der Waals surface area contributed by atoms with Crippen molar-refractivity contribution in [3.05, 3.63) is 28.0 Å². The van der Waals surface area contributed by atoms with Crippen LogP contribution in [0.4, 0.5) is 0 Å². The number of amidine groups is 1. The van der Waals surface area contributed by atoms with Crippen LogP contribution in [-0.2, 0) is 0 Å². The molecule has 5 heteroatoms. The maximum atomic E-state index is 5.80. The van der Waals surface area contributed by atoms with E-state index in [4.69, 9.17) is 35.4 Å². The Morgan fingerprint density at radius 1 is 1.57 bits per heavy atom. The summed E-state index contributed by atoms with van der Waals surface area (Å²) in [4.78, 5) is 7.72. The third-order valence-electron chi connectivity index (χ3n) is 1.43. The van der Waals surface area contributed by atoms with E-state index in [-0.39, 0.29) is 17.5 Å². The van der Waals surface area contributed by atoms with Crippen molar-refractivity contribution in [2.75, 3.05) is 6.54 Å². The molecule has 0 fully saturated rings. The maximum Gasteiger partial charge on any atom is 0.141 e. The fraction of sp³-hybridized carbons (Fsp3) is 0.111. The molecule has 0 unspecified atom stereocenters. The van der Waals surface area contributed by atoms with Crippen molar-refractivity contribution >= 4 is 29.0 Å². The molecule has 0 spiro atoms. The van der Waals surface area contributed by atoms with E-state index in [1.165, 1.54) is 0 Å². The first-order valence-corrected chi connectivity index (χ1v) is 4.46. The number of terminal acetylenes is 1. The molecule has 1 aromatic heterocycles. The van der Waals surface area contributed by atoms with Gasteiger partial charge >= 0.3 is 0 Å². The number of hydrogen-bond acceptors (Lipinski definition) is 2. The van der Waals surface area contributed by atoms with Gasteiger partial charge in [0.05, 0.1) is 5.56 Å². The van der Waals surface area contributed by atoms with E-state index >= 15 is 0 Å². The molecular formula is C9H7Cl2N3. The second-order valence-electron chi connectivity index (χ2n) is 2.38. The van der Waals surface area contributed by atoms with Crippen LogP contribution in [-0.4, -0.2) is 17.4 Å². The van der Waals surface area contributed by atoms with Gasteiger partial charge in [-0.15, -0.1) is 6.42 Å². The summed E-state index contributed by atoms with van der Waals surface area (Å²) in [6, 6.07) is 3.23. The monoisotopic (exact) mass is 227 g/mol. The summed E-state index contributed by atoms with van der Waals surface area (Å²) in [5, 5.41) is 0.527. The van der Waals surface area contributed by atoms with Gasteiger partial charge in [-0.25, -0.2) is 4.98 Å². The molecular weight excluding hydrogens is 221 g/mol. The van der Waals surface area contributed by atoms with Crippen LogP contribution in [0.1, 0.15) is 5.56 Å². The lowest BCUT2D eigenvalue weighted by Crippen LogP contribution is -2.14. The molecule has 0 aliphatic heterocycles. The highest BCUT2D eigenvalue weighted by Crippen LogP contribution is 2.16. The van der Waals surface area contributed by atoms with E-state index in [0.29, 0.717) is 10.7 Å². The van der Waals surface area contributed by atoms with Crippen LogP contribution in [0.2, 0.25) is 10.3 Å². The Hall–Kier alpha value is -1.24. The summed E-state index contributed by atoms with van der Waals surface area (Å²) in [6.07, 6.45) is 5.03. The summed E-state index contributed by atoms with van der Waals surface area (Å²) in [6.45, 7) is 0.213. The van der Waals surface area contributed by atoms with Gasteiger partial charge in [0.25, 0.3) is 0 Å². The molecule has 2 N–H and O–H groups in total. The number of nitrogens with two attached hydrogens (primary N) is 1. The molecule has 0 aliphatic carbocycles. The van der Waals surface area contributed by atoms with Gasteiger partial charge in [-0.1, -0.05) is 29.1 Å². The largest absolute Gasteiger partial charge is 0.383 e. The highest BCUT2D eigenvalue weighted by atomic mass is 35.5. The van der Waals surface area contributed by atoms with Crippen molar-refractivity contribution in [3.8, 4) is 12.3 Å². The lowest BCUT2D eigenvalue weighted by atomic mass is 10.2. The molecule has 0 saturated carbocycles. The van der Waals surface area contributed by atoms with Crippen molar-refractivity contribution in [2.45, 2.75) is 0 Å². The molecule has 0 radical (unpaired) electrons. The Morgan fingerprint density at radius 3 is 2.86 bits per heavy atom. The predicted molar refractivity (Wildman–Crippen MR) is 58.7 cm³/mol. The van der Waals surface area contributed by atoms with Gasteiger partial charge in [0.2, 0.25) is 0 Å². The number of aliphatic imine (C=N–C) groups is 1. The van der Waals surface area contributed by atoms with E-state index in [0.717, 1.165) is 0 Å². The average molecular weight is 228 g/mol. The van der Waals surface area contributed by atoms with Gasteiger partial charge in [0.15, 0.2) is 0 Å². The van der Waals surface area contributed by atoms with Crippen LogP contribution in [0.15, 0.2) is 17.1 Å². The van der Waals surface area contributed by atoms with E-state index in [1.54, 1.807) is 12.1 Å². The van der Waals surface area contributed by atoms with Crippen molar-refractivity contribution in [3.63, 3.8) is 0 Å². The molecule has 3 nitrogen and oxygen atoms in total. The summed E-state index contributed by atoms with van der Waals surface area (Å²) in [5.41, 5.74) is 6.15. The van der Waals surface area contributed by atoms with Crippen molar-refractivity contribution in [1.29, 1.82) is 0 Å². The zero-order valence-electron chi connectivity index (χ0n) is 7.17. The zero-order valence-corrected chi connectivity index (χ0v) is 8.68. The third-order valence-corrected chi connectivity index (χ3v) is 1.93. The molecule has 0 aliphatic rings. The molecule has 0 saturated heterocycles. The van der Waals surface area contributed by atoms with Crippen LogP contribution in [0, 0.1) is 12.3 Å².